The lowest BCUT2D eigenvalue weighted by Gasteiger charge is -2.28. The van der Waals surface area contributed by atoms with Crippen LogP contribution in [-0.2, 0) is 22.6 Å². The van der Waals surface area contributed by atoms with E-state index < -0.39 is 30.7 Å². The van der Waals surface area contributed by atoms with E-state index in [0.29, 0.717) is 35.5 Å². The number of alkyl halides is 3. The molecule has 3 atom stereocenters. The molecule has 0 bridgehead atoms. The number of benzene rings is 1. The average Bonchev–Trinajstić information content (AvgIpc) is 3.15. The zero-order valence-electron chi connectivity index (χ0n) is 17.0. The minimum atomic E-state index is -4.53. The number of rotatable bonds is 7. The zero-order valence-corrected chi connectivity index (χ0v) is 17.8. The first-order chi connectivity index (χ1) is 13.9. The molecule has 1 aliphatic heterocycles. The van der Waals surface area contributed by atoms with Crippen molar-refractivity contribution in [2.24, 2.45) is 17.4 Å². The van der Waals surface area contributed by atoms with Gasteiger partial charge < -0.3 is 21.7 Å². The fourth-order valence-electron chi connectivity index (χ4n) is 3.39. The van der Waals surface area contributed by atoms with Crippen LogP contribution in [0.25, 0.3) is 0 Å². The number of nitrogens with one attached hydrogen (secondary N) is 1. The molecule has 30 heavy (non-hydrogen) atoms. The van der Waals surface area contributed by atoms with Gasteiger partial charge in [-0.25, -0.2) is 0 Å². The normalized spacial score (nSPS) is 19.1. The summed E-state index contributed by atoms with van der Waals surface area (Å²) in [5.41, 5.74) is 12.0. The monoisotopic (exact) mass is 448 g/mol. The van der Waals surface area contributed by atoms with E-state index in [4.69, 9.17) is 23.1 Å². The van der Waals surface area contributed by atoms with Crippen molar-refractivity contribution < 1.29 is 22.8 Å². The van der Waals surface area contributed by atoms with E-state index in [1.807, 2.05) is 13.8 Å². The lowest BCUT2D eigenvalue weighted by atomic mass is 10.00. The van der Waals surface area contributed by atoms with E-state index in [-0.39, 0.29) is 24.3 Å². The van der Waals surface area contributed by atoms with Gasteiger partial charge in [0.1, 0.15) is 12.1 Å². The van der Waals surface area contributed by atoms with Gasteiger partial charge in [-0.3, -0.25) is 9.59 Å². The van der Waals surface area contributed by atoms with Gasteiger partial charge in [-0.05, 0) is 48.4 Å². The Morgan fingerprint density at radius 2 is 1.93 bits per heavy atom. The molecule has 168 valence electrons. The summed E-state index contributed by atoms with van der Waals surface area (Å²) in [5, 5.41) is 3.06. The maximum atomic E-state index is 12.8. The molecule has 0 aromatic heterocycles. The van der Waals surface area contributed by atoms with Gasteiger partial charge in [0.2, 0.25) is 11.8 Å². The Morgan fingerprint density at radius 3 is 2.53 bits per heavy atom. The third-order valence-electron chi connectivity index (χ3n) is 5.32. The lowest BCUT2D eigenvalue weighted by Crippen LogP contribution is -2.52. The molecule has 1 aromatic rings. The van der Waals surface area contributed by atoms with Crippen molar-refractivity contribution in [3.8, 4) is 0 Å². The van der Waals surface area contributed by atoms with Crippen molar-refractivity contribution in [1.82, 2.24) is 10.2 Å². The molecule has 10 heteroatoms. The minimum Gasteiger partial charge on any atom is -0.350 e. The number of halogens is 4. The highest BCUT2D eigenvalue weighted by atomic mass is 35.5. The molecule has 1 saturated heterocycles. The molecular weight excluding hydrogens is 421 g/mol. The number of likely N-dealkylation sites (tertiary alicyclic amines) is 1. The standard InChI is InChI=1S/C20H28ClF3N4O2/c1-11(2)17(26)19(30)28-7-3-4-15(28)18(29)27-10-13-8-14(21)6-5-12(13)9-16(25)20(22,23)24/h5-6,8,11,15-17H,3-4,7,9-10,25-26H2,1-2H3,(H,27,29)/t15-,16?,17+/m0/s1. The van der Waals surface area contributed by atoms with Gasteiger partial charge in [-0.15, -0.1) is 0 Å². The number of nitrogens with two attached hydrogens (primary N) is 2. The second-order valence-corrected chi connectivity index (χ2v) is 8.38. The van der Waals surface area contributed by atoms with E-state index in [1.54, 1.807) is 0 Å². The Labute approximate surface area is 179 Å². The van der Waals surface area contributed by atoms with Crippen LogP contribution in [0.1, 0.15) is 37.8 Å². The molecule has 1 unspecified atom stereocenters. The van der Waals surface area contributed by atoms with Gasteiger partial charge in [0.25, 0.3) is 0 Å². The number of carbonyl (C=O) groups excluding carboxylic acids is 2. The summed E-state index contributed by atoms with van der Waals surface area (Å²) in [6, 6.07) is 1.10. The third-order valence-corrected chi connectivity index (χ3v) is 5.56. The molecular formula is C20H28ClF3N4O2. The van der Waals surface area contributed by atoms with Gasteiger partial charge in [0.15, 0.2) is 0 Å². The number of nitrogens with zero attached hydrogens (tertiary/aromatic N) is 1. The number of hydrogen-bond acceptors (Lipinski definition) is 4. The summed E-state index contributed by atoms with van der Waals surface area (Å²) < 4.78 is 38.5. The highest BCUT2D eigenvalue weighted by molar-refractivity contribution is 6.30. The second kappa shape index (κ2) is 9.98. The smallest absolute Gasteiger partial charge is 0.350 e. The summed E-state index contributed by atoms with van der Waals surface area (Å²) in [5.74, 6) is -0.709. The highest BCUT2D eigenvalue weighted by Crippen LogP contribution is 2.25. The Kier molecular flexibility index (Phi) is 8.13. The Hall–Kier alpha value is -1.84. The molecule has 0 spiro atoms. The van der Waals surface area contributed by atoms with Crippen molar-refractivity contribution in [2.75, 3.05) is 6.54 Å². The van der Waals surface area contributed by atoms with Crippen molar-refractivity contribution in [1.29, 1.82) is 0 Å². The van der Waals surface area contributed by atoms with Crippen LogP contribution in [0.3, 0.4) is 0 Å². The van der Waals surface area contributed by atoms with E-state index >= 15 is 0 Å². The molecule has 2 amide bonds. The van der Waals surface area contributed by atoms with E-state index in [1.165, 1.54) is 23.1 Å². The number of amides is 2. The molecule has 0 radical (unpaired) electrons. The van der Waals surface area contributed by atoms with Crippen LogP contribution in [0, 0.1) is 5.92 Å². The van der Waals surface area contributed by atoms with Crippen molar-refractivity contribution in [3.63, 3.8) is 0 Å². The molecule has 0 saturated carbocycles. The first kappa shape index (κ1) is 24.4. The van der Waals surface area contributed by atoms with E-state index in [9.17, 15) is 22.8 Å². The van der Waals surface area contributed by atoms with Gasteiger partial charge >= 0.3 is 6.18 Å². The summed E-state index contributed by atoms with van der Waals surface area (Å²) in [6.45, 7) is 4.09. The topological polar surface area (TPSA) is 101 Å². The molecule has 1 fully saturated rings. The van der Waals surface area contributed by atoms with E-state index in [0.717, 1.165) is 0 Å². The van der Waals surface area contributed by atoms with Crippen LogP contribution in [0.15, 0.2) is 18.2 Å². The average molecular weight is 449 g/mol. The van der Waals surface area contributed by atoms with Crippen LogP contribution in [0.2, 0.25) is 5.02 Å². The fourth-order valence-corrected chi connectivity index (χ4v) is 3.59. The van der Waals surface area contributed by atoms with Gasteiger partial charge in [-0.1, -0.05) is 31.5 Å². The molecule has 1 heterocycles. The molecule has 2 rings (SSSR count). The zero-order chi connectivity index (χ0) is 22.6. The largest absolute Gasteiger partial charge is 0.403 e. The fraction of sp³-hybridized carbons (Fsp3) is 0.600. The molecule has 0 aliphatic carbocycles. The van der Waals surface area contributed by atoms with E-state index in [2.05, 4.69) is 5.32 Å². The first-order valence-corrected chi connectivity index (χ1v) is 10.2. The third kappa shape index (κ3) is 6.09. The predicted octanol–water partition coefficient (Wildman–Crippen LogP) is 2.36. The quantitative estimate of drug-likeness (QED) is 0.596. The van der Waals surface area contributed by atoms with Crippen LogP contribution in [0.4, 0.5) is 13.2 Å². The summed E-state index contributed by atoms with van der Waals surface area (Å²) in [4.78, 5) is 26.8. The number of hydrogen-bond donors (Lipinski definition) is 3. The highest BCUT2D eigenvalue weighted by Gasteiger charge is 2.38. The van der Waals surface area contributed by atoms with Crippen molar-refractivity contribution >= 4 is 23.4 Å². The van der Waals surface area contributed by atoms with Crippen LogP contribution >= 0.6 is 11.6 Å². The Morgan fingerprint density at radius 1 is 1.27 bits per heavy atom. The SMILES string of the molecule is CC(C)[C@@H](N)C(=O)N1CCC[C@H]1C(=O)NCc1cc(Cl)ccc1CC(N)C(F)(F)F. The maximum Gasteiger partial charge on any atom is 0.403 e. The van der Waals surface area contributed by atoms with Crippen LogP contribution in [0.5, 0.6) is 0 Å². The Bertz CT molecular complexity index is 773. The minimum absolute atomic E-state index is 0.0198. The summed E-state index contributed by atoms with van der Waals surface area (Å²) in [6.07, 6.45) is -3.77. The van der Waals surface area contributed by atoms with Gasteiger partial charge in [0.05, 0.1) is 6.04 Å². The lowest BCUT2D eigenvalue weighted by molar-refractivity contribution is -0.147. The molecule has 1 aromatic carbocycles. The van der Waals surface area contributed by atoms with Gasteiger partial charge in [0, 0.05) is 18.1 Å². The van der Waals surface area contributed by atoms with Crippen molar-refractivity contribution in [2.45, 2.75) is 64.0 Å². The molecule has 5 N–H and O–H groups in total. The predicted molar refractivity (Wildman–Crippen MR) is 109 cm³/mol. The Balaban J connectivity index is 2.08. The molecule has 1 aliphatic rings. The summed E-state index contributed by atoms with van der Waals surface area (Å²) >= 11 is 5.98. The second-order valence-electron chi connectivity index (χ2n) is 7.94. The van der Waals surface area contributed by atoms with Crippen LogP contribution < -0.4 is 16.8 Å². The van der Waals surface area contributed by atoms with Gasteiger partial charge in [-0.2, -0.15) is 13.2 Å². The van der Waals surface area contributed by atoms with Crippen LogP contribution in [-0.4, -0.2) is 47.6 Å². The van der Waals surface area contributed by atoms with Crippen molar-refractivity contribution in [3.05, 3.63) is 34.3 Å². The number of carbonyl (C=O) groups is 2. The maximum absolute atomic E-state index is 12.8. The summed E-state index contributed by atoms with van der Waals surface area (Å²) in [7, 11) is 0. The molecule has 6 nitrogen and oxygen atoms in total. The first-order valence-electron chi connectivity index (χ1n) is 9.85.